The van der Waals surface area contributed by atoms with Crippen molar-refractivity contribution >= 4 is 5.97 Å². The highest BCUT2D eigenvalue weighted by Gasteiger charge is 2.15. The Morgan fingerprint density at radius 3 is 2.27 bits per heavy atom. The number of hydrogen-bond acceptors (Lipinski definition) is 5. The molecular weight excluding hydrogens is 332 g/mol. The lowest BCUT2D eigenvalue weighted by Gasteiger charge is -2.12. The van der Waals surface area contributed by atoms with E-state index in [1.807, 2.05) is 43.5 Å². The normalized spacial score (nSPS) is 10.4. The Kier molecular flexibility index (Phi) is 5.22. The molecular formula is C20H20N2O4. The zero-order valence-corrected chi connectivity index (χ0v) is 14.9. The molecule has 3 aromatic rings. The van der Waals surface area contributed by atoms with Crippen LogP contribution in [0.3, 0.4) is 0 Å². The van der Waals surface area contributed by atoms with Crippen LogP contribution in [0.2, 0.25) is 0 Å². The maximum atomic E-state index is 12.4. The average molecular weight is 352 g/mol. The first-order valence-corrected chi connectivity index (χ1v) is 8.11. The molecule has 26 heavy (non-hydrogen) atoms. The summed E-state index contributed by atoms with van der Waals surface area (Å²) in [7, 11) is 3.11. The largest absolute Gasteiger partial charge is 0.496 e. The van der Waals surface area contributed by atoms with Crippen molar-refractivity contribution in [2.24, 2.45) is 0 Å². The van der Waals surface area contributed by atoms with Crippen molar-refractivity contribution in [1.29, 1.82) is 0 Å². The van der Waals surface area contributed by atoms with Crippen LogP contribution in [-0.4, -0.2) is 30.0 Å². The fourth-order valence-corrected chi connectivity index (χ4v) is 2.60. The molecule has 0 saturated heterocycles. The highest BCUT2D eigenvalue weighted by Crippen LogP contribution is 2.29. The number of esters is 1. The fraction of sp³-hybridized carbons (Fsp3) is 0.200. The lowest BCUT2D eigenvalue weighted by Crippen LogP contribution is -2.07. The molecule has 0 radical (unpaired) electrons. The number of carbonyl (C=O) groups is 1. The van der Waals surface area contributed by atoms with Crippen LogP contribution in [0.25, 0.3) is 5.69 Å². The molecule has 0 N–H and O–H groups in total. The van der Waals surface area contributed by atoms with E-state index in [1.165, 1.54) is 0 Å². The predicted molar refractivity (Wildman–Crippen MR) is 97.0 cm³/mol. The number of aromatic nitrogens is 2. The predicted octanol–water partition coefficient (Wildman–Crippen LogP) is 3.55. The summed E-state index contributed by atoms with van der Waals surface area (Å²) in [6.45, 7) is 2.05. The third-order valence-corrected chi connectivity index (χ3v) is 4.06. The van der Waals surface area contributed by atoms with E-state index in [-0.39, 0.29) is 6.61 Å². The fourth-order valence-electron chi connectivity index (χ4n) is 2.60. The number of nitrogens with zero attached hydrogens (tertiary/aromatic N) is 2. The second-order valence-corrected chi connectivity index (χ2v) is 5.70. The Labute approximate surface area is 151 Å². The molecule has 1 heterocycles. The van der Waals surface area contributed by atoms with Gasteiger partial charge < -0.3 is 14.2 Å². The summed E-state index contributed by atoms with van der Waals surface area (Å²) in [6, 6.07) is 12.8. The summed E-state index contributed by atoms with van der Waals surface area (Å²) in [5, 5.41) is 4.18. The summed E-state index contributed by atoms with van der Waals surface area (Å²) < 4.78 is 17.8. The van der Waals surface area contributed by atoms with Crippen molar-refractivity contribution in [3.05, 3.63) is 71.5 Å². The van der Waals surface area contributed by atoms with Gasteiger partial charge in [0.25, 0.3) is 0 Å². The number of hydrogen-bond donors (Lipinski definition) is 0. The second kappa shape index (κ2) is 7.74. The summed E-state index contributed by atoms with van der Waals surface area (Å²) in [6.07, 6.45) is 3.59. The molecule has 0 aliphatic rings. The van der Waals surface area contributed by atoms with Crippen LogP contribution in [0.5, 0.6) is 11.5 Å². The van der Waals surface area contributed by atoms with Crippen molar-refractivity contribution in [3.8, 4) is 17.2 Å². The van der Waals surface area contributed by atoms with E-state index in [4.69, 9.17) is 14.2 Å². The zero-order valence-electron chi connectivity index (χ0n) is 14.9. The lowest BCUT2D eigenvalue weighted by atomic mass is 10.1. The molecule has 0 amide bonds. The van der Waals surface area contributed by atoms with E-state index in [0.717, 1.165) is 16.8 Å². The Hall–Kier alpha value is -3.28. The second-order valence-electron chi connectivity index (χ2n) is 5.70. The summed E-state index contributed by atoms with van der Waals surface area (Å²) >= 11 is 0. The first kappa shape index (κ1) is 17.5. The van der Waals surface area contributed by atoms with Gasteiger partial charge >= 0.3 is 5.97 Å². The standard InChI is InChI=1S/C20H20N2O4/c1-14-18(24-2)11-16(12-19(14)25-3)20(23)26-13-15-5-7-17(8-6-15)22-10-4-9-21-22/h4-12H,13H2,1-3H3. The van der Waals surface area contributed by atoms with Gasteiger partial charge in [0.1, 0.15) is 18.1 Å². The Balaban J connectivity index is 1.69. The van der Waals surface area contributed by atoms with Gasteiger partial charge in [-0.05, 0) is 42.8 Å². The quantitative estimate of drug-likeness (QED) is 0.635. The first-order valence-electron chi connectivity index (χ1n) is 8.11. The number of methoxy groups -OCH3 is 2. The maximum absolute atomic E-state index is 12.4. The van der Waals surface area contributed by atoms with E-state index >= 15 is 0 Å². The van der Waals surface area contributed by atoms with Gasteiger partial charge in [-0.25, -0.2) is 9.48 Å². The molecule has 0 bridgehead atoms. The van der Waals surface area contributed by atoms with E-state index in [0.29, 0.717) is 17.1 Å². The molecule has 6 nitrogen and oxygen atoms in total. The third kappa shape index (κ3) is 3.69. The summed E-state index contributed by atoms with van der Waals surface area (Å²) in [5.74, 6) is 0.734. The van der Waals surface area contributed by atoms with E-state index in [9.17, 15) is 4.79 Å². The molecule has 0 fully saturated rings. The molecule has 0 saturated carbocycles. The Bertz CT molecular complexity index is 862. The number of ether oxygens (including phenoxy) is 3. The minimum absolute atomic E-state index is 0.177. The number of carbonyl (C=O) groups excluding carboxylic acids is 1. The Morgan fingerprint density at radius 2 is 1.73 bits per heavy atom. The lowest BCUT2D eigenvalue weighted by molar-refractivity contribution is 0.0472. The average Bonchev–Trinajstić information content (AvgIpc) is 3.21. The maximum Gasteiger partial charge on any atom is 0.338 e. The smallest absolute Gasteiger partial charge is 0.338 e. The molecule has 1 aromatic heterocycles. The first-order chi connectivity index (χ1) is 12.6. The van der Waals surface area contributed by atoms with Crippen LogP contribution < -0.4 is 9.47 Å². The molecule has 3 rings (SSSR count). The molecule has 0 atom stereocenters. The van der Waals surface area contributed by atoms with Crippen LogP contribution in [0.4, 0.5) is 0 Å². The van der Waals surface area contributed by atoms with Gasteiger partial charge in [-0.2, -0.15) is 5.10 Å². The van der Waals surface area contributed by atoms with Crippen LogP contribution in [0, 0.1) is 6.92 Å². The minimum Gasteiger partial charge on any atom is -0.496 e. The molecule has 134 valence electrons. The minimum atomic E-state index is -0.433. The van der Waals surface area contributed by atoms with Gasteiger partial charge in [-0.15, -0.1) is 0 Å². The number of rotatable bonds is 6. The van der Waals surface area contributed by atoms with E-state index < -0.39 is 5.97 Å². The van der Waals surface area contributed by atoms with Crippen molar-refractivity contribution in [3.63, 3.8) is 0 Å². The zero-order chi connectivity index (χ0) is 18.5. The van der Waals surface area contributed by atoms with Crippen molar-refractivity contribution in [1.82, 2.24) is 9.78 Å². The van der Waals surface area contributed by atoms with E-state index in [1.54, 1.807) is 37.2 Å². The van der Waals surface area contributed by atoms with E-state index in [2.05, 4.69) is 5.10 Å². The highest BCUT2D eigenvalue weighted by atomic mass is 16.5. The van der Waals surface area contributed by atoms with Crippen molar-refractivity contribution in [2.75, 3.05) is 14.2 Å². The molecule has 6 heteroatoms. The molecule has 0 aliphatic heterocycles. The highest BCUT2D eigenvalue weighted by molar-refractivity contribution is 5.90. The van der Waals surface area contributed by atoms with Crippen LogP contribution in [-0.2, 0) is 11.3 Å². The van der Waals surface area contributed by atoms with Crippen LogP contribution in [0.1, 0.15) is 21.5 Å². The van der Waals surface area contributed by atoms with Gasteiger partial charge in [0.05, 0.1) is 25.5 Å². The van der Waals surface area contributed by atoms with Gasteiger partial charge in [0.15, 0.2) is 0 Å². The molecule has 0 unspecified atom stereocenters. The molecule has 0 aliphatic carbocycles. The van der Waals surface area contributed by atoms with Gasteiger partial charge in [-0.1, -0.05) is 12.1 Å². The molecule has 2 aromatic carbocycles. The van der Waals surface area contributed by atoms with Crippen molar-refractivity contribution < 1.29 is 19.0 Å². The number of benzene rings is 2. The molecule has 0 spiro atoms. The SMILES string of the molecule is COc1cc(C(=O)OCc2ccc(-n3cccn3)cc2)cc(OC)c1C. The topological polar surface area (TPSA) is 62.6 Å². The summed E-state index contributed by atoms with van der Waals surface area (Å²) in [5.41, 5.74) is 3.05. The van der Waals surface area contributed by atoms with Gasteiger partial charge in [0, 0.05) is 18.0 Å². The van der Waals surface area contributed by atoms with Gasteiger partial charge in [0.2, 0.25) is 0 Å². The van der Waals surface area contributed by atoms with Crippen molar-refractivity contribution in [2.45, 2.75) is 13.5 Å². The van der Waals surface area contributed by atoms with Crippen LogP contribution in [0.15, 0.2) is 54.9 Å². The summed E-state index contributed by atoms with van der Waals surface area (Å²) in [4.78, 5) is 12.4. The monoisotopic (exact) mass is 352 g/mol. The van der Waals surface area contributed by atoms with Gasteiger partial charge in [-0.3, -0.25) is 0 Å². The third-order valence-electron chi connectivity index (χ3n) is 4.06. The van der Waals surface area contributed by atoms with Crippen LogP contribution >= 0.6 is 0 Å². The Morgan fingerprint density at radius 1 is 1.08 bits per heavy atom.